The molecular weight excluding hydrogens is 252 g/mol. The number of hydrogen-bond donors (Lipinski definition) is 3. The highest BCUT2D eigenvalue weighted by Gasteiger charge is 2.23. The standard InChI is InChI=1S/C12H20N2O3S/c1-8-5-10(13)6-9(2)11(8)18(16,17)14-7-12(3,4)15/h5-6,14-15H,7,13H2,1-4H3. The molecule has 0 atom stereocenters. The summed E-state index contributed by atoms with van der Waals surface area (Å²) in [6.45, 7) is 6.43. The average Bonchev–Trinajstić information content (AvgIpc) is 2.11. The molecule has 0 amide bonds. The van der Waals surface area contributed by atoms with Crippen LogP contribution < -0.4 is 10.5 Å². The Kier molecular flexibility index (Phi) is 4.05. The first-order valence-corrected chi connectivity index (χ1v) is 7.10. The van der Waals surface area contributed by atoms with Gasteiger partial charge in [0.1, 0.15) is 0 Å². The van der Waals surface area contributed by atoms with E-state index in [9.17, 15) is 13.5 Å². The monoisotopic (exact) mass is 272 g/mol. The Morgan fingerprint density at radius 2 is 1.72 bits per heavy atom. The lowest BCUT2D eigenvalue weighted by atomic mass is 10.1. The summed E-state index contributed by atoms with van der Waals surface area (Å²) in [5.74, 6) is 0. The summed E-state index contributed by atoms with van der Waals surface area (Å²) in [5.41, 5.74) is 6.29. The van der Waals surface area contributed by atoms with Gasteiger partial charge in [-0.1, -0.05) is 0 Å². The van der Waals surface area contributed by atoms with E-state index in [-0.39, 0.29) is 11.4 Å². The summed E-state index contributed by atoms with van der Waals surface area (Å²) in [6, 6.07) is 3.23. The predicted molar refractivity (Wildman–Crippen MR) is 71.8 cm³/mol. The second-order valence-corrected chi connectivity index (χ2v) is 6.82. The van der Waals surface area contributed by atoms with E-state index in [0.29, 0.717) is 16.8 Å². The van der Waals surface area contributed by atoms with Crippen LogP contribution in [0.1, 0.15) is 25.0 Å². The fourth-order valence-corrected chi connectivity index (χ4v) is 3.40. The molecule has 1 aromatic carbocycles. The lowest BCUT2D eigenvalue weighted by molar-refractivity contribution is 0.0857. The molecule has 0 aromatic heterocycles. The second kappa shape index (κ2) is 4.87. The second-order valence-electron chi connectivity index (χ2n) is 5.12. The quantitative estimate of drug-likeness (QED) is 0.711. The Balaban J connectivity index is 3.14. The number of benzene rings is 1. The fourth-order valence-electron chi connectivity index (χ4n) is 1.75. The van der Waals surface area contributed by atoms with Crippen LogP contribution in [-0.4, -0.2) is 25.7 Å². The van der Waals surface area contributed by atoms with Crippen LogP contribution >= 0.6 is 0 Å². The molecule has 0 spiro atoms. The van der Waals surface area contributed by atoms with Gasteiger partial charge in [0.2, 0.25) is 10.0 Å². The summed E-state index contributed by atoms with van der Waals surface area (Å²) >= 11 is 0. The molecule has 5 nitrogen and oxygen atoms in total. The SMILES string of the molecule is Cc1cc(N)cc(C)c1S(=O)(=O)NCC(C)(C)O. The lowest BCUT2D eigenvalue weighted by Gasteiger charge is -2.19. The first kappa shape index (κ1) is 14.9. The summed E-state index contributed by atoms with van der Waals surface area (Å²) in [7, 11) is -3.64. The van der Waals surface area contributed by atoms with Crippen LogP contribution in [0.3, 0.4) is 0 Å². The number of nitrogens with one attached hydrogen (secondary N) is 1. The molecule has 0 aliphatic rings. The van der Waals surface area contributed by atoms with Crippen LogP contribution in [0.4, 0.5) is 5.69 Å². The van der Waals surface area contributed by atoms with Gasteiger partial charge in [0.15, 0.2) is 0 Å². The van der Waals surface area contributed by atoms with Gasteiger partial charge >= 0.3 is 0 Å². The van der Waals surface area contributed by atoms with Crippen molar-refractivity contribution in [3.05, 3.63) is 23.3 Å². The Labute approximate surface area is 108 Å². The average molecular weight is 272 g/mol. The Morgan fingerprint density at radius 1 is 1.28 bits per heavy atom. The third-order valence-corrected chi connectivity index (χ3v) is 4.15. The number of anilines is 1. The van der Waals surface area contributed by atoms with Crippen LogP contribution in [0.2, 0.25) is 0 Å². The summed E-state index contributed by atoms with van der Waals surface area (Å²) in [5, 5.41) is 9.56. The Morgan fingerprint density at radius 3 is 2.11 bits per heavy atom. The number of sulfonamides is 1. The molecule has 0 saturated carbocycles. The predicted octanol–water partition coefficient (Wildman–Crippen LogP) is 0.935. The smallest absolute Gasteiger partial charge is 0.241 e. The number of aliphatic hydroxyl groups is 1. The van der Waals surface area contributed by atoms with Crippen LogP contribution in [0.15, 0.2) is 17.0 Å². The minimum absolute atomic E-state index is 0.0431. The number of aryl methyl sites for hydroxylation is 2. The zero-order valence-corrected chi connectivity index (χ0v) is 11.9. The molecule has 102 valence electrons. The maximum absolute atomic E-state index is 12.2. The molecule has 0 aliphatic carbocycles. The number of nitrogens with two attached hydrogens (primary N) is 1. The van der Waals surface area contributed by atoms with E-state index in [2.05, 4.69) is 4.72 Å². The van der Waals surface area contributed by atoms with Crippen molar-refractivity contribution in [2.45, 2.75) is 38.2 Å². The van der Waals surface area contributed by atoms with Crippen molar-refractivity contribution >= 4 is 15.7 Å². The Hall–Kier alpha value is -1.11. The van der Waals surface area contributed by atoms with Crippen molar-refractivity contribution in [3.63, 3.8) is 0 Å². The van der Waals surface area contributed by atoms with E-state index in [1.165, 1.54) is 13.8 Å². The van der Waals surface area contributed by atoms with Gasteiger partial charge in [-0.3, -0.25) is 0 Å². The first-order chi connectivity index (χ1) is 8.03. The molecular formula is C12H20N2O3S. The molecule has 1 aromatic rings. The molecule has 0 aliphatic heterocycles. The van der Waals surface area contributed by atoms with E-state index < -0.39 is 15.6 Å². The highest BCUT2D eigenvalue weighted by Crippen LogP contribution is 2.23. The van der Waals surface area contributed by atoms with Gasteiger partial charge in [0.05, 0.1) is 10.5 Å². The van der Waals surface area contributed by atoms with Gasteiger partial charge in [-0.05, 0) is 51.0 Å². The van der Waals surface area contributed by atoms with Crippen molar-refractivity contribution in [2.75, 3.05) is 12.3 Å². The highest BCUT2D eigenvalue weighted by molar-refractivity contribution is 7.89. The van der Waals surface area contributed by atoms with Crippen LogP contribution in [0.25, 0.3) is 0 Å². The first-order valence-electron chi connectivity index (χ1n) is 5.62. The minimum atomic E-state index is -3.64. The molecule has 0 radical (unpaired) electrons. The molecule has 0 saturated heterocycles. The number of hydrogen-bond acceptors (Lipinski definition) is 4. The zero-order valence-electron chi connectivity index (χ0n) is 11.1. The summed E-state index contributed by atoms with van der Waals surface area (Å²) in [6.07, 6.45) is 0. The minimum Gasteiger partial charge on any atom is -0.399 e. The molecule has 0 fully saturated rings. The summed E-state index contributed by atoms with van der Waals surface area (Å²) < 4.78 is 26.7. The topological polar surface area (TPSA) is 92.4 Å². The van der Waals surface area contributed by atoms with Crippen LogP contribution in [0, 0.1) is 13.8 Å². The lowest BCUT2D eigenvalue weighted by Crippen LogP contribution is -2.38. The normalized spacial score (nSPS) is 12.7. The number of rotatable bonds is 4. The molecule has 18 heavy (non-hydrogen) atoms. The van der Waals surface area contributed by atoms with E-state index in [4.69, 9.17) is 5.73 Å². The van der Waals surface area contributed by atoms with Crippen molar-refractivity contribution < 1.29 is 13.5 Å². The van der Waals surface area contributed by atoms with Crippen LogP contribution in [-0.2, 0) is 10.0 Å². The molecule has 1 rings (SSSR count). The van der Waals surface area contributed by atoms with Crippen molar-refractivity contribution in [1.29, 1.82) is 0 Å². The molecule has 6 heteroatoms. The largest absolute Gasteiger partial charge is 0.399 e. The molecule has 0 unspecified atom stereocenters. The Bertz CT molecular complexity index is 522. The molecule has 4 N–H and O–H groups in total. The van der Waals surface area contributed by atoms with E-state index in [0.717, 1.165) is 0 Å². The summed E-state index contributed by atoms with van der Waals surface area (Å²) in [4.78, 5) is 0.223. The van der Waals surface area contributed by atoms with Gasteiger partial charge in [-0.15, -0.1) is 0 Å². The fraction of sp³-hybridized carbons (Fsp3) is 0.500. The number of nitrogen functional groups attached to an aromatic ring is 1. The van der Waals surface area contributed by atoms with Gasteiger partial charge in [0.25, 0.3) is 0 Å². The van der Waals surface area contributed by atoms with Crippen molar-refractivity contribution in [1.82, 2.24) is 4.72 Å². The van der Waals surface area contributed by atoms with Crippen molar-refractivity contribution in [3.8, 4) is 0 Å². The van der Waals surface area contributed by atoms with Gasteiger partial charge < -0.3 is 10.8 Å². The zero-order chi connectivity index (χ0) is 14.1. The van der Waals surface area contributed by atoms with Gasteiger partial charge in [-0.2, -0.15) is 0 Å². The van der Waals surface area contributed by atoms with Gasteiger partial charge in [-0.25, -0.2) is 13.1 Å². The molecule has 0 heterocycles. The molecule has 0 bridgehead atoms. The third kappa shape index (κ3) is 3.69. The maximum atomic E-state index is 12.2. The van der Waals surface area contributed by atoms with Crippen molar-refractivity contribution in [2.24, 2.45) is 0 Å². The maximum Gasteiger partial charge on any atom is 0.241 e. The van der Waals surface area contributed by atoms with Gasteiger partial charge in [0, 0.05) is 12.2 Å². The van der Waals surface area contributed by atoms with E-state index in [1.807, 2.05) is 0 Å². The van der Waals surface area contributed by atoms with E-state index >= 15 is 0 Å². The van der Waals surface area contributed by atoms with E-state index in [1.54, 1.807) is 26.0 Å². The van der Waals surface area contributed by atoms with Crippen LogP contribution in [0.5, 0.6) is 0 Å². The third-order valence-electron chi connectivity index (χ3n) is 2.45. The highest BCUT2D eigenvalue weighted by atomic mass is 32.2.